The molecule has 0 spiro atoms. The Morgan fingerprint density at radius 3 is 2.08 bits per heavy atom. The Kier molecular flexibility index (Phi) is 6.26. The van der Waals surface area contributed by atoms with E-state index >= 15 is 0 Å². The number of non-ortho nitro benzene ring substituents is 1. The van der Waals surface area contributed by atoms with E-state index in [1.165, 1.54) is 24.3 Å². The summed E-state index contributed by atoms with van der Waals surface area (Å²) < 4.78 is 0. The van der Waals surface area contributed by atoms with E-state index in [1.54, 1.807) is 0 Å². The van der Waals surface area contributed by atoms with Gasteiger partial charge in [0.15, 0.2) is 4.98 Å². The molecule has 1 aromatic carbocycles. The van der Waals surface area contributed by atoms with Crippen molar-refractivity contribution in [2.45, 2.75) is 0 Å². The second-order valence-corrected chi connectivity index (χ2v) is 1.87. The van der Waals surface area contributed by atoms with Crippen LogP contribution in [0.5, 0.6) is 0 Å². The molecule has 0 atom stereocenters. The van der Waals surface area contributed by atoms with Crippen molar-refractivity contribution in [2.75, 3.05) is 0 Å². The van der Waals surface area contributed by atoms with E-state index in [4.69, 9.17) is 5.39 Å². The van der Waals surface area contributed by atoms with Crippen LogP contribution < -0.4 is 12.4 Å². The van der Waals surface area contributed by atoms with Crippen LogP contribution >= 0.6 is 0 Å². The highest BCUT2D eigenvalue weighted by Gasteiger charge is 2.08. The molecule has 0 aliphatic rings. The summed E-state index contributed by atoms with van der Waals surface area (Å²) >= 11 is 0. The number of nitro benzene ring substituents is 1. The van der Waals surface area contributed by atoms with Gasteiger partial charge in [-0.15, -0.1) is 0 Å². The fraction of sp³-hybridized carbons (Fsp3) is 0. The molecule has 7 heteroatoms. The molecule has 0 fully saturated rings. The molecule has 0 aliphatic carbocycles. The van der Waals surface area contributed by atoms with Gasteiger partial charge < -0.3 is 17.9 Å². The van der Waals surface area contributed by atoms with E-state index in [-0.39, 0.29) is 23.6 Å². The molecule has 0 aromatic heterocycles. The predicted molar refractivity (Wildman–Crippen MR) is 41.5 cm³/mol. The van der Waals surface area contributed by atoms with Crippen LogP contribution in [0.15, 0.2) is 24.3 Å². The van der Waals surface area contributed by atoms with E-state index in [2.05, 4.69) is 4.98 Å². The van der Waals surface area contributed by atoms with Crippen molar-refractivity contribution in [3.05, 3.63) is 39.4 Å². The second kappa shape index (κ2) is 5.88. The minimum absolute atomic E-state index is 0. The van der Waals surface area contributed by atoms with Crippen molar-refractivity contribution < 1.29 is 22.8 Å². The summed E-state index contributed by atoms with van der Waals surface area (Å²) in [5.41, 5.74) is 0.285. The summed E-state index contributed by atoms with van der Waals surface area (Å²) in [6, 6.07) is 5.26. The lowest BCUT2D eigenvalue weighted by Gasteiger charge is -1.84. The Bertz CT molecular complexity index is 319. The third-order valence-corrected chi connectivity index (χ3v) is 1.18. The number of hydrogen-bond donors (Lipinski definition) is 0. The highest BCUT2D eigenvalue weighted by atomic mass is 35.5. The summed E-state index contributed by atoms with van der Waals surface area (Å²) in [5.74, 6) is 0. The topological polar surface area (TPSA) is 103 Å². The molecule has 0 heterocycles. The van der Waals surface area contributed by atoms with Crippen molar-refractivity contribution in [1.29, 1.82) is 5.39 Å². The highest BCUT2D eigenvalue weighted by molar-refractivity contribution is 5.48. The summed E-state index contributed by atoms with van der Waals surface area (Å²) in [4.78, 5) is 12.4. The van der Waals surface area contributed by atoms with Crippen LogP contribution in [-0.4, -0.2) is 10.4 Å². The monoisotopic (exact) mass is 203 g/mol. The molecule has 0 saturated heterocycles. The van der Waals surface area contributed by atoms with Gasteiger partial charge in [-0.05, 0) is 0 Å². The Hall–Kier alpha value is -1.71. The number of rotatable bonds is 1. The number of halogens is 1. The van der Waals surface area contributed by atoms with Gasteiger partial charge in [0.1, 0.15) is 0 Å². The molecule has 2 N–H and O–H groups in total. The minimum Gasteiger partial charge on any atom is -1.00 e. The van der Waals surface area contributed by atoms with E-state index in [0.717, 1.165) is 0 Å². The average Bonchev–Trinajstić information content (AvgIpc) is 2.05. The lowest BCUT2D eigenvalue weighted by atomic mass is 10.3. The summed E-state index contributed by atoms with van der Waals surface area (Å²) in [5, 5.41) is 18.3. The first kappa shape index (κ1) is 13.9. The Labute approximate surface area is 79.7 Å². The molecule has 0 bridgehead atoms. The molecular weight excluding hydrogens is 198 g/mol. The van der Waals surface area contributed by atoms with Gasteiger partial charge in [-0.25, -0.2) is 0 Å². The van der Waals surface area contributed by atoms with Crippen LogP contribution in [0.3, 0.4) is 0 Å². The lowest BCUT2D eigenvalue weighted by molar-refractivity contribution is -0.384. The van der Waals surface area contributed by atoms with Gasteiger partial charge in [0.05, 0.1) is 4.92 Å². The number of diazo groups is 1. The zero-order valence-electron chi connectivity index (χ0n) is 6.35. The van der Waals surface area contributed by atoms with Crippen LogP contribution in [-0.2, 0) is 0 Å². The minimum atomic E-state index is -0.513. The maximum atomic E-state index is 10.1. The molecule has 13 heavy (non-hydrogen) atoms. The predicted octanol–water partition coefficient (Wildman–Crippen LogP) is -1.74. The number of nitrogens with zero attached hydrogens (tertiary/aromatic N) is 3. The fourth-order valence-corrected chi connectivity index (χ4v) is 0.641. The van der Waals surface area contributed by atoms with Crippen molar-refractivity contribution in [2.24, 2.45) is 0 Å². The molecule has 6 nitrogen and oxygen atoms in total. The van der Waals surface area contributed by atoms with Gasteiger partial charge in [0.2, 0.25) is 5.39 Å². The largest absolute Gasteiger partial charge is 1.00 e. The Morgan fingerprint density at radius 1 is 1.31 bits per heavy atom. The second-order valence-electron chi connectivity index (χ2n) is 1.87. The third kappa shape index (κ3) is 3.46. The van der Waals surface area contributed by atoms with Gasteiger partial charge in [-0.3, -0.25) is 10.1 Å². The van der Waals surface area contributed by atoms with Crippen LogP contribution in [0.2, 0.25) is 0 Å². The SMILES string of the molecule is N#[N+]c1ccc([N+](=O)[O-])cc1.O.[Cl-]. The van der Waals surface area contributed by atoms with Crippen LogP contribution in [0.4, 0.5) is 11.4 Å². The maximum absolute atomic E-state index is 10.1. The van der Waals surface area contributed by atoms with Gasteiger partial charge in [0.25, 0.3) is 5.69 Å². The van der Waals surface area contributed by atoms with Crippen molar-refractivity contribution in [1.82, 2.24) is 0 Å². The maximum Gasteiger partial charge on any atom is 0.385 e. The van der Waals surface area contributed by atoms with Gasteiger partial charge >= 0.3 is 5.69 Å². The number of hydrogen-bond acceptors (Lipinski definition) is 3. The van der Waals surface area contributed by atoms with Crippen molar-refractivity contribution >= 4 is 11.4 Å². The first-order valence-corrected chi connectivity index (χ1v) is 2.83. The summed E-state index contributed by atoms with van der Waals surface area (Å²) in [7, 11) is 0. The molecule has 70 valence electrons. The van der Waals surface area contributed by atoms with Crippen LogP contribution in [0.1, 0.15) is 0 Å². The quantitative estimate of drug-likeness (QED) is 0.307. The Morgan fingerprint density at radius 2 is 1.77 bits per heavy atom. The molecular formula is C6H6ClN3O3. The average molecular weight is 204 g/mol. The van der Waals surface area contributed by atoms with Gasteiger partial charge in [-0.2, -0.15) is 0 Å². The summed E-state index contributed by atoms with van der Waals surface area (Å²) in [6.07, 6.45) is 0. The van der Waals surface area contributed by atoms with Gasteiger partial charge in [-0.1, -0.05) is 0 Å². The standard InChI is InChI=1S/C6H4N3O2.ClH.H2O/c7-8-5-1-3-6(4-2-5)9(10)11;;/h1-4H;1H;1H2/q+1;;/p-1. The smallest absolute Gasteiger partial charge is 0.385 e. The van der Waals surface area contributed by atoms with E-state index in [9.17, 15) is 10.1 Å². The van der Waals surface area contributed by atoms with E-state index < -0.39 is 4.92 Å². The molecule has 0 aliphatic heterocycles. The van der Waals surface area contributed by atoms with E-state index in [0.29, 0.717) is 5.69 Å². The fourth-order valence-electron chi connectivity index (χ4n) is 0.641. The lowest BCUT2D eigenvalue weighted by Crippen LogP contribution is -3.00. The van der Waals surface area contributed by atoms with Crippen LogP contribution in [0.25, 0.3) is 4.98 Å². The first-order chi connectivity index (χ1) is 5.24. The van der Waals surface area contributed by atoms with Crippen molar-refractivity contribution in [3.8, 4) is 0 Å². The normalized spacial score (nSPS) is 7.31. The zero-order chi connectivity index (χ0) is 8.27. The molecule has 1 rings (SSSR count). The third-order valence-electron chi connectivity index (χ3n) is 1.18. The molecule has 0 unspecified atom stereocenters. The van der Waals surface area contributed by atoms with E-state index in [1.807, 2.05) is 0 Å². The Balaban J connectivity index is 0. The van der Waals surface area contributed by atoms with Crippen molar-refractivity contribution in [3.63, 3.8) is 0 Å². The molecule has 0 saturated carbocycles. The molecule has 0 radical (unpaired) electrons. The molecule has 1 aromatic rings. The zero-order valence-corrected chi connectivity index (χ0v) is 7.10. The number of nitro groups is 1. The highest BCUT2D eigenvalue weighted by Crippen LogP contribution is 2.16. The summed E-state index contributed by atoms with van der Waals surface area (Å²) in [6.45, 7) is 0. The molecule has 0 amide bonds. The van der Waals surface area contributed by atoms with Crippen LogP contribution in [0, 0.1) is 15.5 Å². The first-order valence-electron chi connectivity index (χ1n) is 2.83. The number of benzene rings is 1. The van der Waals surface area contributed by atoms with Gasteiger partial charge in [0, 0.05) is 24.3 Å².